The van der Waals surface area contributed by atoms with Gasteiger partial charge in [-0.25, -0.2) is 4.98 Å². The monoisotopic (exact) mass is 574 g/mol. The van der Waals surface area contributed by atoms with Crippen LogP contribution in [0.5, 0.6) is 5.88 Å². The zero-order chi connectivity index (χ0) is 22.5. The molecule has 0 saturated carbocycles. The van der Waals surface area contributed by atoms with E-state index in [1.807, 2.05) is 32.5 Å². The topological polar surface area (TPSA) is 76.4 Å². The van der Waals surface area contributed by atoms with Crippen LogP contribution < -0.4 is 15.4 Å². The highest BCUT2D eigenvalue weighted by atomic mass is 127. The lowest BCUT2D eigenvalue weighted by Crippen LogP contribution is -2.44. The van der Waals surface area contributed by atoms with Crippen LogP contribution in [0, 0.1) is 13.8 Å². The van der Waals surface area contributed by atoms with Crippen molar-refractivity contribution in [1.29, 1.82) is 0 Å². The predicted molar refractivity (Wildman–Crippen MR) is 126 cm³/mol. The van der Waals surface area contributed by atoms with Gasteiger partial charge in [-0.3, -0.25) is 9.67 Å². The van der Waals surface area contributed by atoms with Gasteiger partial charge in [0.1, 0.15) is 11.6 Å². The van der Waals surface area contributed by atoms with Gasteiger partial charge in [-0.05, 0) is 38.8 Å². The largest absolute Gasteiger partial charge is 0.475 e. The Labute approximate surface area is 201 Å². The number of hydrogen-bond donors (Lipinski definition) is 2. The number of rotatable bonds is 7. The summed E-state index contributed by atoms with van der Waals surface area (Å²) in [6.07, 6.45) is -3.02. The quantitative estimate of drug-likeness (QED) is 0.227. The van der Waals surface area contributed by atoms with Gasteiger partial charge in [0.25, 0.3) is 0 Å². The van der Waals surface area contributed by atoms with Crippen LogP contribution in [0.1, 0.15) is 29.4 Å². The van der Waals surface area contributed by atoms with Crippen molar-refractivity contribution < 1.29 is 17.9 Å². The van der Waals surface area contributed by atoms with Gasteiger partial charge in [-0.2, -0.15) is 18.3 Å². The maximum atomic E-state index is 12.6. The molecule has 174 valence electrons. The molecule has 2 aromatic heterocycles. The number of halogens is 5. The molecule has 0 radical (unpaired) electrons. The minimum Gasteiger partial charge on any atom is -0.475 e. The van der Waals surface area contributed by atoms with E-state index in [0.717, 1.165) is 23.9 Å². The van der Waals surface area contributed by atoms with E-state index in [0.29, 0.717) is 18.7 Å². The van der Waals surface area contributed by atoms with E-state index < -0.39 is 11.7 Å². The van der Waals surface area contributed by atoms with E-state index in [1.54, 1.807) is 7.05 Å². The predicted octanol–water partition coefficient (Wildman–Crippen LogP) is 3.90. The molecule has 1 unspecified atom stereocenters. The Hall–Kier alpha value is -1.76. The van der Waals surface area contributed by atoms with Gasteiger partial charge >= 0.3 is 6.18 Å². The molecule has 0 amide bonds. The van der Waals surface area contributed by atoms with Gasteiger partial charge in [0, 0.05) is 32.0 Å². The van der Waals surface area contributed by atoms with Crippen LogP contribution >= 0.6 is 35.6 Å². The number of pyridine rings is 1. The van der Waals surface area contributed by atoms with Gasteiger partial charge < -0.3 is 15.4 Å². The summed E-state index contributed by atoms with van der Waals surface area (Å²) in [5.41, 5.74) is 2.40. The molecule has 0 spiro atoms. The van der Waals surface area contributed by atoms with Gasteiger partial charge in [0.15, 0.2) is 5.96 Å². The second kappa shape index (κ2) is 11.7. The third-order valence-electron chi connectivity index (χ3n) is 4.54. The average molecular weight is 575 g/mol. The number of guanidine groups is 1. The molecule has 2 N–H and O–H groups in total. The summed E-state index contributed by atoms with van der Waals surface area (Å²) in [5.74, 6) is 0.530. The molecule has 31 heavy (non-hydrogen) atoms. The van der Waals surface area contributed by atoms with E-state index in [2.05, 4.69) is 25.7 Å². The number of nitrogens with zero attached hydrogens (tertiary/aromatic N) is 4. The maximum absolute atomic E-state index is 12.6. The van der Waals surface area contributed by atoms with Crippen LogP contribution in [0.4, 0.5) is 13.2 Å². The van der Waals surface area contributed by atoms with E-state index in [9.17, 15) is 13.2 Å². The molecule has 0 saturated heterocycles. The minimum absolute atomic E-state index is 0. The number of aliphatic imine (C=N–C) groups is 1. The number of nitrogens with one attached hydrogen (secondary N) is 2. The maximum Gasteiger partial charge on any atom is 0.417 e. The van der Waals surface area contributed by atoms with E-state index in [1.165, 1.54) is 5.56 Å². The summed E-state index contributed by atoms with van der Waals surface area (Å²) in [7, 11) is 3.57. The van der Waals surface area contributed by atoms with Crippen molar-refractivity contribution in [3.8, 4) is 5.88 Å². The number of hydrogen-bond acceptors (Lipinski definition) is 4. The summed E-state index contributed by atoms with van der Waals surface area (Å²) in [6, 6.07) is 0.895. The summed E-state index contributed by atoms with van der Waals surface area (Å²) >= 11 is 5.83. The van der Waals surface area contributed by atoms with E-state index >= 15 is 0 Å². The fraction of sp³-hybridized carbons (Fsp3) is 0.526. The second-order valence-corrected chi connectivity index (χ2v) is 7.29. The smallest absolute Gasteiger partial charge is 0.417 e. The first kappa shape index (κ1) is 27.3. The molecule has 0 aromatic carbocycles. The second-order valence-electron chi connectivity index (χ2n) is 6.88. The summed E-state index contributed by atoms with van der Waals surface area (Å²) in [6.45, 7) is 6.57. The molecule has 12 heteroatoms. The molecule has 0 aliphatic carbocycles. The molecule has 0 bridgehead atoms. The van der Waals surface area contributed by atoms with Crippen LogP contribution in [0.25, 0.3) is 0 Å². The Bertz CT molecular complexity index is 903. The van der Waals surface area contributed by atoms with Crippen LogP contribution in [0.2, 0.25) is 5.02 Å². The number of aryl methyl sites for hydroxylation is 2. The number of alkyl halides is 3. The lowest BCUT2D eigenvalue weighted by molar-refractivity contribution is -0.137. The molecule has 2 rings (SSSR count). The van der Waals surface area contributed by atoms with Crippen molar-refractivity contribution in [1.82, 2.24) is 25.4 Å². The highest BCUT2D eigenvalue weighted by Crippen LogP contribution is 2.32. The van der Waals surface area contributed by atoms with E-state index in [-0.39, 0.29) is 47.5 Å². The van der Waals surface area contributed by atoms with Crippen molar-refractivity contribution in [3.63, 3.8) is 0 Å². The molecule has 0 aliphatic rings. The third kappa shape index (κ3) is 7.70. The molecule has 0 fully saturated rings. The van der Waals surface area contributed by atoms with Gasteiger partial charge in [0.05, 0.1) is 17.8 Å². The minimum atomic E-state index is -4.50. The zero-order valence-electron chi connectivity index (χ0n) is 18.0. The Morgan fingerprint density at radius 3 is 2.55 bits per heavy atom. The number of ether oxygens (including phenoxy) is 1. The molecule has 2 aromatic rings. The van der Waals surface area contributed by atoms with Crippen molar-refractivity contribution in [2.75, 3.05) is 20.2 Å². The fourth-order valence-electron chi connectivity index (χ4n) is 2.90. The van der Waals surface area contributed by atoms with Crippen LogP contribution in [-0.2, 0) is 19.6 Å². The molecular formula is C19H27ClF3IN6O. The van der Waals surface area contributed by atoms with Gasteiger partial charge in [-0.15, -0.1) is 24.0 Å². The standard InChI is InChI=1S/C19H26ClF3N6O.HI/c1-11(8-15-12(2)28-29(5)13(15)3)27-18(24-4)25-6-7-30-17-16(20)9-14(10-26-17)19(21,22)23;/h9-11H,6-8H2,1-5H3,(H2,24,25,27);1H. The molecule has 2 heterocycles. The lowest BCUT2D eigenvalue weighted by atomic mass is 10.1. The SMILES string of the molecule is CN=C(NCCOc1ncc(C(F)(F)F)cc1Cl)NC(C)Cc1c(C)nn(C)c1C.I. The first-order chi connectivity index (χ1) is 14.0. The normalized spacial score (nSPS) is 12.9. The molecule has 7 nitrogen and oxygen atoms in total. The molecular weight excluding hydrogens is 548 g/mol. The summed E-state index contributed by atoms with van der Waals surface area (Å²) in [5, 5.41) is 10.6. The van der Waals surface area contributed by atoms with E-state index in [4.69, 9.17) is 16.3 Å². The van der Waals surface area contributed by atoms with Gasteiger partial charge in [0.2, 0.25) is 5.88 Å². The van der Waals surface area contributed by atoms with Crippen molar-refractivity contribution >= 4 is 41.5 Å². The van der Waals surface area contributed by atoms with Crippen LogP contribution in [0.15, 0.2) is 17.3 Å². The third-order valence-corrected chi connectivity index (χ3v) is 4.81. The van der Waals surface area contributed by atoms with Crippen molar-refractivity contribution in [2.24, 2.45) is 12.0 Å². The van der Waals surface area contributed by atoms with Crippen LogP contribution in [0.3, 0.4) is 0 Å². The zero-order valence-corrected chi connectivity index (χ0v) is 21.1. The first-order valence-electron chi connectivity index (χ1n) is 9.34. The lowest BCUT2D eigenvalue weighted by Gasteiger charge is -2.18. The Morgan fingerprint density at radius 2 is 2.03 bits per heavy atom. The first-order valence-corrected chi connectivity index (χ1v) is 9.72. The summed E-state index contributed by atoms with van der Waals surface area (Å²) in [4.78, 5) is 7.81. The molecule has 1 atom stereocenters. The summed E-state index contributed by atoms with van der Waals surface area (Å²) < 4.78 is 45.2. The highest BCUT2D eigenvalue weighted by molar-refractivity contribution is 14.0. The molecule has 0 aliphatic heterocycles. The average Bonchev–Trinajstić information content (AvgIpc) is 2.90. The van der Waals surface area contributed by atoms with Gasteiger partial charge in [-0.1, -0.05) is 11.6 Å². The highest BCUT2D eigenvalue weighted by Gasteiger charge is 2.31. The van der Waals surface area contributed by atoms with Crippen molar-refractivity contribution in [3.05, 3.63) is 39.8 Å². The Morgan fingerprint density at radius 1 is 1.35 bits per heavy atom. The number of aromatic nitrogens is 3. The fourth-order valence-corrected chi connectivity index (χ4v) is 3.12. The Kier molecular flexibility index (Phi) is 10.3. The van der Waals surface area contributed by atoms with Crippen LogP contribution in [-0.4, -0.2) is 47.0 Å². The Balaban J connectivity index is 0.00000480. The van der Waals surface area contributed by atoms with Crippen molar-refractivity contribution in [2.45, 2.75) is 39.4 Å².